The normalized spacial score (nSPS) is 19.4. The Labute approximate surface area is 112 Å². The number of furan rings is 1. The minimum absolute atomic E-state index is 0.174. The van der Waals surface area contributed by atoms with Crippen LogP contribution in [0.2, 0.25) is 5.15 Å². The molecule has 0 radical (unpaired) electrons. The number of nitrogens with zero attached hydrogens (tertiary/aromatic N) is 2. The van der Waals surface area contributed by atoms with Crippen LogP contribution in [0.1, 0.15) is 12.1 Å². The molecular weight excluding hydrogens is 305 g/mol. The predicted octanol–water partition coefficient (Wildman–Crippen LogP) is 2.83. The summed E-state index contributed by atoms with van der Waals surface area (Å²) in [7, 11) is 0. The summed E-state index contributed by atoms with van der Waals surface area (Å²) in [5.74, 6) is 1.50. The Balaban J connectivity index is 2.10. The fourth-order valence-electron chi connectivity index (χ4n) is 2.16. The van der Waals surface area contributed by atoms with Gasteiger partial charge < -0.3 is 14.7 Å². The zero-order valence-corrected chi connectivity index (χ0v) is 11.3. The van der Waals surface area contributed by atoms with Crippen LogP contribution >= 0.6 is 27.5 Å². The second-order valence-electron chi connectivity index (χ2n) is 4.18. The van der Waals surface area contributed by atoms with E-state index in [2.05, 4.69) is 25.5 Å². The highest BCUT2D eigenvalue weighted by atomic mass is 79.9. The lowest BCUT2D eigenvalue weighted by atomic mass is 10.1. The van der Waals surface area contributed by atoms with Crippen LogP contribution in [0.3, 0.4) is 0 Å². The van der Waals surface area contributed by atoms with Crippen molar-refractivity contribution in [2.75, 3.05) is 0 Å². The largest absolute Gasteiger partial charge is 0.446 e. The van der Waals surface area contributed by atoms with E-state index in [-0.39, 0.29) is 6.04 Å². The van der Waals surface area contributed by atoms with Gasteiger partial charge in [-0.1, -0.05) is 11.6 Å². The van der Waals surface area contributed by atoms with Crippen LogP contribution in [0, 0.1) is 0 Å². The van der Waals surface area contributed by atoms with Crippen LogP contribution in [0.5, 0.6) is 0 Å². The smallest absolute Gasteiger partial charge is 0.177 e. The van der Waals surface area contributed by atoms with Crippen molar-refractivity contribution in [3.8, 4) is 11.6 Å². The van der Waals surface area contributed by atoms with E-state index < -0.39 is 0 Å². The molecular formula is C11H11BrClN3O. The molecule has 1 aliphatic heterocycles. The molecule has 3 heterocycles. The fraction of sp³-hybridized carbons (Fsp3) is 0.364. The lowest BCUT2D eigenvalue weighted by molar-refractivity contribution is 0.467. The number of hydrogen-bond acceptors (Lipinski definition) is 3. The van der Waals surface area contributed by atoms with Crippen molar-refractivity contribution in [3.63, 3.8) is 0 Å². The highest BCUT2D eigenvalue weighted by molar-refractivity contribution is 9.10. The van der Waals surface area contributed by atoms with Crippen LogP contribution in [0.4, 0.5) is 0 Å². The third-order valence-electron chi connectivity index (χ3n) is 3.00. The molecule has 0 amide bonds. The molecule has 0 spiro atoms. The minimum atomic E-state index is 0.174. The standard InChI is InChI=1S/C11H11BrClN3O/c12-9-2-1-8(17-9)11-15-10(13)7-5-6(14)3-4-16(7)11/h1-2,6H,3-5,14H2. The molecule has 0 bridgehead atoms. The molecule has 1 unspecified atom stereocenters. The second-order valence-corrected chi connectivity index (χ2v) is 5.32. The summed E-state index contributed by atoms with van der Waals surface area (Å²) in [6.07, 6.45) is 1.71. The Bertz CT molecular complexity index is 563. The van der Waals surface area contributed by atoms with Crippen LogP contribution in [-0.4, -0.2) is 15.6 Å². The van der Waals surface area contributed by atoms with E-state index in [0.29, 0.717) is 9.82 Å². The van der Waals surface area contributed by atoms with Crippen LogP contribution < -0.4 is 5.73 Å². The van der Waals surface area contributed by atoms with Gasteiger partial charge in [0.15, 0.2) is 21.4 Å². The molecule has 3 rings (SSSR count). The minimum Gasteiger partial charge on any atom is -0.446 e. The summed E-state index contributed by atoms with van der Waals surface area (Å²) in [6, 6.07) is 3.90. The van der Waals surface area contributed by atoms with Gasteiger partial charge in [-0.25, -0.2) is 4.98 Å². The maximum atomic E-state index is 6.14. The van der Waals surface area contributed by atoms with Gasteiger partial charge >= 0.3 is 0 Å². The van der Waals surface area contributed by atoms with Crippen molar-refractivity contribution in [2.24, 2.45) is 5.73 Å². The molecule has 4 nitrogen and oxygen atoms in total. The quantitative estimate of drug-likeness (QED) is 0.880. The summed E-state index contributed by atoms with van der Waals surface area (Å²) >= 11 is 9.43. The summed E-state index contributed by atoms with van der Waals surface area (Å²) in [5.41, 5.74) is 6.95. The number of fused-ring (bicyclic) bond motifs is 1. The van der Waals surface area contributed by atoms with Gasteiger partial charge in [0.1, 0.15) is 0 Å². The predicted molar refractivity (Wildman–Crippen MR) is 68.9 cm³/mol. The summed E-state index contributed by atoms with van der Waals surface area (Å²) in [6.45, 7) is 0.837. The second kappa shape index (κ2) is 4.15. The average Bonchev–Trinajstić information content (AvgIpc) is 2.84. The van der Waals surface area contributed by atoms with Crippen molar-refractivity contribution in [3.05, 3.63) is 27.6 Å². The highest BCUT2D eigenvalue weighted by Gasteiger charge is 2.24. The number of rotatable bonds is 1. The Morgan fingerprint density at radius 1 is 1.53 bits per heavy atom. The van der Waals surface area contributed by atoms with Crippen molar-refractivity contribution in [1.29, 1.82) is 0 Å². The number of hydrogen-bond donors (Lipinski definition) is 1. The van der Waals surface area contributed by atoms with E-state index >= 15 is 0 Å². The molecule has 0 aliphatic carbocycles. The number of imidazole rings is 1. The van der Waals surface area contributed by atoms with Gasteiger partial charge in [0.05, 0.1) is 5.69 Å². The molecule has 1 aliphatic rings. The zero-order chi connectivity index (χ0) is 12.0. The van der Waals surface area contributed by atoms with Crippen LogP contribution in [0.25, 0.3) is 11.6 Å². The fourth-order valence-corrected chi connectivity index (χ4v) is 2.73. The average molecular weight is 317 g/mol. The van der Waals surface area contributed by atoms with Crippen molar-refractivity contribution in [1.82, 2.24) is 9.55 Å². The van der Waals surface area contributed by atoms with E-state index in [4.69, 9.17) is 21.8 Å². The Morgan fingerprint density at radius 3 is 3.06 bits per heavy atom. The molecule has 0 saturated carbocycles. The first kappa shape index (κ1) is 11.3. The first-order chi connectivity index (χ1) is 8.15. The van der Waals surface area contributed by atoms with E-state index in [0.717, 1.165) is 36.7 Å². The number of halogens is 2. The van der Waals surface area contributed by atoms with E-state index in [1.807, 2.05) is 12.1 Å². The van der Waals surface area contributed by atoms with Gasteiger partial charge in [0.25, 0.3) is 0 Å². The molecule has 0 fully saturated rings. The van der Waals surface area contributed by atoms with E-state index in [9.17, 15) is 0 Å². The van der Waals surface area contributed by atoms with Crippen LogP contribution in [0.15, 0.2) is 21.2 Å². The summed E-state index contributed by atoms with van der Waals surface area (Å²) in [5, 5.41) is 0.530. The topological polar surface area (TPSA) is 57.0 Å². The van der Waals surface area contributed by atoms with E-state index in [1.165, 1.54) is 0 Å². The first-order valence-electron chi connectivity index (χ1n) is 5.41. The Morgan fingerprint density at radius 2 is 2.35 bits per heavy atom. The molecule has 90 valence electrons. The zero-order valence-electron chi connectivity index (χ0n) is 8.99. The lowest BCUT2D eigenvalue weighted by Crippen LogP contribution is -2.30. The third-order valence-corrected chi connectivity index (χ3v) is 3.73. The molecule has 1 atom stereocenters. The van der Waals surface area contributed by atoms with Crippen molar-refractivity contribution < 1.29 is 4.42 Å². The number of aromatic nitrogens is 2. The molecule has 2 aromatic heterocycles. The van der Waals surface area contributed by atoms with Gasteiger partial charge in [0, 0.05) is 19.0 Å². The number of nitrogens with two attached hydrogens (primary N) is 1. The van der Waals surface area contributed by atoms with Crippen molar-refractivity contribution in [2.45, 2.75) is 25.4 Å². The van der Waals surface area contributed by atoms with Gasteiger partial charge in [0.2, 0.25) is 0 Å². The molecule has 2 aromatic rings. The Hall–Kier alpha value is -0.780. The summed E-state index contributed by atoms with van der Waals surface area (Å²) < 4.78 is 8.30. The van der Waals surface area contributed by atoms with Crippen LogP contribution in [-0.2, 0) is 13.0 Å². The Kier molecular flexibility index (Phi) is 2.77. The maximum Gasteiger partial charge on any atom is 0.177 e. The molecule has 0 aromatic carbocycles. The van der Waals surface area contributed by atoms with Gasteiger partial charge in [-0.05, 0) is 34.5 Å². The molecule has 17 heavy (non-hydrogen) atoms. The molecule has 2 N–H and O–H groups in total. The monoisotopic (exact) mass is 315 g/mol. The van der Waals surface area contributed by atoms with Gasteiger partial charge in [-0.3, -0.25) is 0 Å². The maximum absolute atomic E-state index is 6.14. The lowest BCUT2D eigenvalue weighted by Gasteiger charge is -2.21. The summed E-state index contributed by atoms with van der Waals surface area (Å²) in [4.78, 5) is 4.37. The SMILES string of the molecule is NC1CCn2c(-c3ccc(Br)o3)nc(Cl)c2C1. The molecule has 0 saturated heterocycles. The molecule has 6 heteroatoms. The van der Waals surface area contributed by atoms with Gasteiger partial charge in [-0.15, -0.1) is 0 Å². The van der Waals surface area contributed by atoms with E-state index in [1.54, 1.807) is 0 Å². The first-order valence-corrected chi connectivity index (χ1v) is 6.58. The van der Waals surface area contributed by atoms with Crippen molar-refractivity contribution >= 4 is 27.5 Å². The third kappa shape index (κ3) is 1.92. The highest BCUT2D eigenvalue weighted by Crippen LogP contribution is 2.31. The van der Waals surface area contributed by atoms with Gasteiger partial charge in [-0.2, -0.15) is 0 Å².